The number of rotatable bonds is 5. The van der Waals surface area contributed by atoms with E-state index in [2.05, 4.69) is 24.1 Å². The van der Waals surface area contributed by atoms with Gasteiger partial charge in [-0.2, -0.15) is 0 Å². The number of likely N-dealkylation sites (N-methyl/N-ethyl adjacent to an activating group) is 1. The van der Waals surface area contributed by atoms with Gasteiger partial charge in [-0.25, -0.2) is 9.97 Å². The summed E-state index contributed by atoms with van der Waals surface area (Å²) >= 11 is 0. The summed E-state index contributed by atoms with van der Waals surface area (Å²) in [5.74, 6) is 2.84. The molecule has 0 aliphatic carbocycles. The van der Waals surface area contributed by atoms with Crippen LogP contribution in [0.15, 0.2) is 6.07 Å². The molecule has 2 saturated heterocycles. The molecule has 1 atom stereocenters. The maximum Gasteiger partial charge on any atom is 0.223 e. The predicted octanol–water partition coefficient (Wildman–Crippen LogP) is 2.22. The molecule has 1 aromatic heterocycles. The normalized spacial score (nSPS) is 21.2. The van der Waals surface area contributed by atoms with Gasteiger partial charge in [0, 0.05) is 64.5 Å². The van der Waals surface area contributed by atoms with Crippen molar-refractivity contribution in [3.8, 4) is 0 Å². The third-order valence-electron chi connectivity index (χ3n) is 5.57. The van der Waals surface area contributed by atoms with E-state index in [4.69, 9.17) is 4.98 Å². The van der Waals surface area contributed by atoms with Gasteiger partial charge in [-0.1, -0.05) is 13.8 Å². The molecule has 148 valence electrons. The number of hydrogen-bond donors (Lipinski definition) is 1. The molecule has 2 aliphatic rings. The Balaban J connectivity index is 1.71. The van der Waals surface area contributed by atoms with Crippen LogP contribution in [0.1, 0.15) is 62.9 Å². The lowest BCUT2D eigenvalue weighted by molar-refractivity contribution is -0.133. The van der Waals surface area contributed by atoms with E-state index in [0.29, 0.717) is 25.3 Å². The van der Waals surface area contributed by atoms with Gasteiger partial charge in [0.1, 0.15) is 11.6 Å². The van der Waals surface area contributed by atoms with Crippen LogP contribution in [-0.4, -0.2) is 65.3 Å². The smallest absolute Gasteiger partial charge is 0.223 e. The van der Waals surface area contributed by atoms with E-state index in [-0.39, 0.29) is 23.7 Å². The Bertz CT molecular complexity index is 698. The highest BCUT2D eigenvalue weighted by molar-refractivity contribution is 5.79. The van der Waals surface area contributed by atoms with Crippen LogP contribution in [0.4, 0.5) is 5.82 Å². The minimum atomic E-state index is 0.129. The van der Waals surface area contributed by atoms with Gasteiger partial charge in [-0.3, -0.25) is 9.59 Å². The zero-order chi connectivity index (χ0) is 19.6. The molecule has 0 bridgehead atoms. The van der Waals surface area contributed by atoms with Crippen molar-refractivity contribution in [1.29, 1.82) is 0 Å². The van der Waals surface area contributed by atoms with Crippen LogP contribution in [0.3, 0.4) is 0 Å². The number of anilines is 1. The third kappa shape index (κ3) is 4.57. The van der Waals surface area contributed by atoms with E-state index in [0.717, 1.165) is 43.3 Å². The molecule has 0 spiro atoms. The van der Waals surface area contributed by atoms with Gasteiger partial charge in [0.05, 0.1) is 5.69 Å². The molecule has 7 nitrogen and oxygen atoms in total. The quantitative estimate of drug-likeness (QED) is 0.856. The number of piperidine rings is 1. The molecule has 3 rings (SSSR count). The van der Waals surface area contributed by atoms with E-state index < -0.39 is 0 Å². The number of amides is 2. The molecule has 0 saturated carbocycles. The summed E-state index contributed by atoms with van der Waals surface area (Å²) < 4.78 is 0. The summed E-state index contributed by atoms with van der Waals surface area (Å²) in [5, 5.41) is 3.13. The molecule has 1 N–H and O–H groups in total. The highest BCUT2D eigenvalue weighted by atomic mass is 16.2. The van der Waals surface area contributed by atoms with Crippen molar-refractivity contribution in [2.24, 2.45) is 5.92 Å². The van der Waals surface area contributed by atoms with Crippen LogP contribution in [0, 0.1) is 5.92 Å². The van der Waals surface area contributed by atoms with Crippen LogP contribution in [0.25, 0.3) is 0 Å². The van der Waals surface area contributed by atoms with Gasteiger partial charge < -0.3 is 15.1 Å². The second-order valence-corrected chi connectivity index (χ2v) is 8.21. The topological polar surface area (TPSA) is 78.4 Å². The first-order valence-electron chi connectivity index (χ1n) is 9.95. The zero-order valence-corrected chi connectivity index (χ0v) is 16.9. The number of nitrogens with one attached hydrogen (secondary N) is 1. The lowest BCUT2D eigenvalue weighted by atomic mass is 9.94. The minimum absolute atomic E-state index is 0.129. The zero-order valence-electron chi connectivity index (χ0n) is 16.9. The molecule has 2 aliphatic heterocycles. The molecule has 0 aromatic carbocycles. The number of carbonyl (C=O) groups is 2. The van der Waals surface area contributed by atoms with Gasteiger partial charge in [0.2, 0.25) is 11.8 Å². The summed E-state index contributed by atoms with van der Waals surface area (Å²) in [6.45, 7) is 6.40. The third-order valence-corrected chi connectivity index (χ3v) is 5.57. The summed E-state index contributed by atoms with van der Waals surface area (Å²) in [5.41, 5.74) is 0.945. The fraction of sp³-hybridized carbons (Fsp3) is 0.700. The van der Waals surface area contributed by atoms with Crippen LogP contribution < -0.4 is 5.32 Å². The molecule has 1 unspecified atom stereocenters. The maximum atomic E-state index is 12.3. The van der Waals surface area contributed by atoms with Crippen molar-refractivity contribution in [1.82, 2.24) is 19.8 Å². The summed E-state index contributed by atoms with van der Waals surface area (Å²) in [6, 6.07) is 1.96. The summed E-state index contributed by atoms with van der Waals surface area (Å²) in [7, 11) is 3.70. The van der Waals surface area contributed by atoms with Crippen LogP contribution in [0.5, 0.6) is 0 Å². The van der Waals surface area contributed by atoms with Crippen molar-refractivity contribution in [3.63, 3.8) is 0 Å². The molecule has 27 heavy (non-hydrogen) atoms. The number of nitrogens with zero attached hydrogens (tertiary/aromatic N) is 4. The Morgan fingerprint density at radius 2 is 1.96 bits per heavy atom. The van der Waals surface area contributed by atoms with E-state index in [1.807, 2.05) is 25.1 Å². The predicted molar refractivity (Wildman–Crippen MR) is 105 cm³/mol. The van der Waals surface area contributed by atoms with Gasteiger partial charge in [-0.05, 0) is 18.8 Å². The average molecular weight is 374 g/mol. The Morgan fingerprint density at radius 3 is 2.52 bits per heavy atom. The molecule has 1 aromatic rings. The fourth-order valence-electron chi connectivity index (χ4n) is 3.93. The molecule has 2 fully saturated rings. The van der Waals surface area contributed by atoms with Gasteiger partial charge >= 0.3 is 0 Å². The Hall–Kier alpha value is -2.18. The van der Waals surface area contributed by atoms with E-state index >= 15 is 0 Å². The lowest BCUT2D eigenvalue weighted by Crippen LogP contribution is -2.38. The number of aromatic nitrogens is 2. The summed E-state index contributed by atoms with van der Waals surface area (Å²) in [4.78, 5) is 37.5. The van der Waals surface area contributed by atoms with E-state index in [9.17, 15) is 9.59 Å². The summed E-state index contributed by atoms with van der Waals surface area (Å²) in [6.07, 6.45) is 2.90. The fourth-order valence-corrected chi connectivity index (χ4v) is 3.93. The number of hydrogen-bond acceptors (Lipinski definition) is 5. The largest absolute Gasteiger partial charge is 0.373 e. The molecule has 3 heterocycles. The highest BCUT2D eigenvalue weighted by Gasteiger charge is 2.31. The second kappa shape index (κ2) is 8.23. The van der Waals surface area contributed by atoms with E-state index in [1.165, 1.54) is 0 Å². The van der Waals surface area contributed by atoms with Gasteiger partial charge in [0.15, 0.2) is 0 Å². The van der Waals surface area contributed by atoms with Crippen molar-refractivity contribution in [2.75, 3.05) is 39.0 Å². The lowest BCUT2D eigenvalue weighted by Gasteiger charge is -2.32. The van der Waals surface area contributed by atoms with Crippen molar-refractivity contribution >= 4 is 17.6 Å². The van der Waals surface area contributed by atoms with Gasteiger partial charge in [-0.15, -0.1) is 0 Å². The van der Waals surface area contributed by atoms with Crippen molar-refractivity contribution in [3.05, 3.63) is 17.6 Å². The first-order valence-corrected chi connectivity index (χ1v) is 9.95. The van der Waals surface area contributed by atoms with Gasteiger partial charge in [0.25, 0.3) is 0 Å². The molecule has 2 amide bonds. The monoisotopic (exact) mass is 373 g/mol. The Morgan fingerprint density at radius 1 is 1.26 bits per heavy atom. The molecule has 0 radical (unpaired) electrons. The standard InChI is InChI=1S/C20H31N5O2/c1-13(2)9-19(27)25-7-5-14(6-8-25)20-22-16(11-17(21-3)23-20)15-10-18(26)24(4)12-15/h11,13-15H,5-10,12H2,1-4H3,(H,21,22,23). The number of carbonyl (C=O) groups excluding carboxylic acids is 2. The van der Waals surface area contributed by atoms with Crippen LogP contribution in [0.2, 0.25) is 0 Å². The first kappa shape index (κ1) is 19.6. The first-order chi connectivity index (χ1) is 12.9. The second-order valence-electron chi connectivity index (χ2n) is 8.21. The van der Waals surface area contributed by atoms with Crippen molar-refractivity contribution < 1.29 is 9.59 Å². The molecular formula is C20H31N5O2. The Labute approximate surface area is 161 Å². The van der Waals surface area contributed by atoms with Crippen LogP contribution in [-0.2, 0) is 9.59 Å². The SMILES string of the molecule is CNc1cc(C2CC(=O)N(C)C2)nc(C2CCN(C(=O)CC(C)C)CC2)n1. The molecular weight excluding hydrogens is 342 g/mol. The number of likely N-dealkylation sites (tertiary alicyclic amines) is 2. The average Bonchev–Trinajstić information content (AvgIpc) is 2.99. The Kier molecular flexibility index (Phi) is 5.97. The minimum Gasteiger partial charge on any atom is -0.373 e. The van der Waals surface area contributed by atoms with E-state index in [1.54, 1.807) is 4.90 Å². The van der Waals surface area contributed by atoms with Crippen LogP contribution >= 0.6 is 0 Å². The maximum absolute atomic E-state index is 12.3. The van der Waals surface area contributed by atoms with Crippen molar-refractivity contribution in [2.45, 2.75) is 51.4 Å². The highest BCUT2D eigenvalue weighted by Crippen LogP contribution is 2.31. The molecule has 7 heteroatoms.